The lowest BCUT2D eigenvalue weighted by atomic mass is 10.3. The van der Waals surface area contributed by atoms with Crippen molar-refractivity contribution in [2.45, 2.75) is 25.8 Å². The first-order valence-corrected chi connectivity index (χ1v) is 4.17. The van der Waals surface area contributed by atoms with Gasteiger partial charge in [0.2, 0.25) is 5.91 Å². The highest BCUT2D eigenvalue weighted by atomic mass is 16.5. The second-order valence-corrected chi connectivity index (χ2v) is 2.77. The van der Waals surface area contributed by atoms with E-state index in [4.69, 9.17) is 10.2 Å². The Morgan fingerprint density at radius 3 is 2.77 bits per heavy atom. The monoisotopic (exact) mass is 181 g/mol. The highest BCUT2D eigenvalue weighted by Crippen LogP contribution is 2.04. The van der Waals surface area contributed by atoms with Crippen molar-refractivity contribution >= 4 is 0 Å². The molecular formula is C9H13N2O2. The third-order valence-corrected chi connectivity index (χ3v) is 1.69. The topological polar surface area (TPSA) is 67.5 Å². The predicted octanol–water partition coefficient (Wildman–Crippen LogP) is 0.234. The number of nitrogens with zero attached hydrogens (tertiary/aromatic N) is 2. The molecule has 0 spiro atoms. The molecule has 1 aromatic rings. The summed E-state index contributed by atoms with van der Waals surface area (Å²) < 4.78 is 0. The Bertz CT molecular complexity index is 249. The maximum Gasteiger partial charge on any atom is 0.238 e. The highest BCUT2D eigenvalue weighted by molar-refractivity contribution is 5.02. The van der Waals surface area contributed by atoms with E-state index in [9.17, 15) is 0 Å². The van der Waals surface area contributed by atoms with Crippen molar-refractivity contribution in [3.63, 3.8) is 0 Å². The van der Waals surface area contributed by atoms with Crippen LogP contribution in [0.4, 0.5) is 0 Å². The maximum atomic E-state index is 9.15. The average molecular weight is 181 g/mol. The van der Waals surface area contributed by atoms with Crippen LogP contribution in [0.25, 0.3) is 0 Å². The van der Waals surface area contributed by atoms with Crippen LogP contribution in [0, 0.1) is 0 Å². The number of rotatable bonds is 4. The number of aliphatic hydroxyl groups is 2. The Balaban J connectivity index is 2.44. The van der Waals surface area contributed by atoms with Crippen molar-refractivity contribution in [1.29, 1.82) is 0 Å². The van der Waals surface area contributed by atoms with Crippen molar-refractivity contribution in [2.75, 3.05) is 0 Å². The van der Waals surface area contributed by atoms with Gasteiger partial charge in [0.25, 0.3) is 0 Å². The van der Waals surface area contributed by atoms with Crippen LogP contribution in [-0.4, -0.2) is 21.1 Å². The molecule has 4 nitrogen and oxygen atoms in total. The number of aromatic nitrogens is 1. The van der Waals surface area contributed by atoms with Gasteiger partial charge < -0.3 is 10.2 Å². The molecule has 0 aliphatic heterocycles. The van der Waals surface area contributed by atoms with Gasteiger partial charge in [-0.1, -0.05) is 13.0 Å². The molecule has 0 amide bonds. The molecule has 0 aliphatic carbocycles. The van der Waals surface area contributed by atoms with Gasteiger partial charge in [-0.2, -0.15) is 5.32 Å². The summed E-state index contributed by atoms with van der Waals surface area (Å²) in [5.74, 6) is -1.92. The van der Waals surface area contributed by atoms with E-state index in [1.54, 1.807) is 25.3 Å². The van der Waals surface area contributed by atoms with Crippen LogP contribution in [0.15, 0.2) is 24.4 Å². The molecule has 13 heavy (non-hydrogen) atoms. The fraction of sp³-hybridized carbons (Fsp3) is 0.444. The van der Waals surface area contributed by atoms with Crippen molar-refractivity contribution in [2.24, 2.45) is 0 Å². The zero-order valence-corrected chi connectivity index (χ0v) is 7.51. The molecule has 1 aromatic heterocycles. The van der Waals surface area contributed by atoms with Crippen LogP contribution in [0.3, 0.4) is 0 Å². The van der Waals surface area contributed by atoms with Gasteiger partial charge in [0.15, 0.2) is 0 Å². The molecule has 0 fully saturated rings. The summed E-state index contributed by atoms with van der Waals surface area (Å²) in [4.78, 5) is 4.00. The average Bonchev–Trinajstić information content (AvgIpc) is 2.17. The maximum absolute atomic E-state index is 9.15. The molecule has 2 N–H and O–H groups in total. The lowest BCUT2D eigenvalue weighted by Gasteiger charge is -2.18. The first-order chi connectivity index (χ1) is 6.14. The van der Waals surface area contributed by atoms with E-state index >= 15 is 0 Å². The summed E-state index contributed by atoms with van der Waals surface area (Å²) in [6, 6.07) is 5.42. The molecule has 0 bridgehead atoms. The Hall–Kier alpha value is -0.970. The highest BCUT2D eigenvalue weighted by Gasteiger charge is 2.20. The van der Waals surface area contributed by atoms with E-state index in [1.807, 2.05) is 6.07 Å². The molecule has 1 radical (unpaired) electrons. The fourth-order valence-electron chi connectivity index (χ4n) is 0.811. The van der Waals surface area contributed by atoms with Gasteiger partial charge in [0.1, 0.15) is 0 Å². The molecular weight excluding hydrogens is 168 g/mol. The van der Waals surface area contributed by atoms with E-state index in [0.29, 0.717) is 0 Å². The van der Waals surface area contributed by atoms with Gasteiger partial charge in [-0.3, -0.25) is 4.98 Å². The standard InChI is InChI=1S/C9H13N2O2/c1-2-9(12,13)11-7-8-5-3-4-6-10-8/h3-6,12-13H,2,7H2,1H3. The van der Waals surface area contributed by atoms with Crippen LogP contribution in [0.1, 0.15) is 19.0 Å². The first-order valence-electron chi connectivity index (χ1n) is 4.17. The number of hydrogen-bond donors (Lipinski definition) is 2. The Morgan fingerprint density at radius 1 is 1.46 bits per heavy atom. The quantitative estimate of drug-likeness (QED) is 0.653. The lowest BCUT2D eigenvalue weighted by Crippen LogP contribution is -2.38. The SMILES string of the molecule is CCC(O)(O)[N]Cc1ccccn1. The van der Waals surface area contributed by atoms with Crippen LogP contribution in [0.2, 0.25) is 0 Å². The van der Waals surface area contributed by atoms with Gasteiger partial charge >= 0.3 is 0 Å². The molecule has 71 valence electrons. The second-order valence-electron chi connectivity index (χ2n) is 2.77. The van der Waals surface area contributed by atoms with Crippen LogP contribution >= 0.6 is 0 Å². The third-order valence-electron chi connectivity index (χ3n) is 1.69. The van der Waals surface area contributed by atoms with E-state index in [-0.39, 0.29) is 13.0 Å². The van der Waals surface area contributed by atoms with E-state index in [0.717, 1.165) is 5.69 Å². The van der Waals surface area contributed by atoms with E-state index in [2.05, 4.69) is 10.3 Å². The predicted molar refractivity (Wildman–Crippen MR) is 47.5 cm³/mol. The Morgan fingerprint density at radius 2 is 2.23 bits per heavy atom. The molecule has 0 aliphatic rings. The summed E-state index contributed by atoms with van der Waals surface area (Å²) in [7, 11) is 0. The minimum Gasteiger partial charge on any atom is -0.352 e. The Labute approximate surface area is 77.2 Å². The zero-order chi connectivity index (χ0) is 9.73. The minimum absolute atomic E-state index is 0.180. The number of pyridine rings is 1. The summed E-state index contributed by atoms with van der Waals surface area (Å²) in [5, 5.41) is 22.0. The molecule has 1 rings (SSSR count). The van der Waals surface area contributed by atoms with Gasteiger partial charge in [-0.25, -0.2) is 0 Å². The van der Waals surface area contributed by atoms with Crippen LogP contribution < -0.4 is 5.32 Å². The van der Waals surface area contributed by atoms with Crippen molar-refractivity contribution in [3.05, 3.63) is 30.1 Å². The summed E-state index contributed by atoms with van der Waals surface area (Å²) in [6.45, 7) is 1.88. The van der Waals surface area contributed by atoms with Crippen molar-refractivity contribution in [3.8, 4) is 0 Å². The normalized spacial score (nSPS) is 11.6. The summed E-state index contributed by atoms with van der Waals surface area (Å²) in [6.07, 6.45) is 1.83. The molecule has 0 saturated carbocycles. The molecule has 4 heteroatoms. The lowest BCUT2D eigenvalue weighted by molar-refractivity contribution is -0.191. The molecule has 0 aromatic carbocycles. The van der Waals surface area contributed by atoms with Gasteiger partial charge in [-0.05, 0) is 12.1 Å². The molecule has 1 heterocycles. The largest absolute Gasteiger partial charge is 0.352 e. The smallest absolute Gasteiger partial charge is 0.238 e. The van der Waals surface area contributed by atoms with Crippen molar-refractivity contribution < 1.29 is 10.2 Å². The van der Waals surface area contributed by atoms with Crippen LogP contribution in [0.5, 0.6) is 0 Å². The summed E-state index contributed by atoms with van der Waals surface area (Å²) >= 11 is 0. The van der Waals surface area contributed by atoms with Crippen LogP contribution in [-0.2, 0) is 6.54 Å². The fourth-order valence-corrected chi connectivity index (χ4v) is 0.811. The Kier molecular flexibility index (Phi) is 3.36. The first kappa shape index (κ1) is 10.1. The molecule has 0 saturated heterocycles. The van der Waals surface area contributed by atoms with Gasteiger partial charge in [0.05, 0.1) is 12.2 Å². The van der Waals surface area contributed by atoms with E-state index in [1.165, 1.54) is 0 Å². The van der Waals surface area contributed by atoms with Gasteiger partial charge in [-0.15, -0.1) is 0 Å². The van der Waals surface area contributed by atoms with Crippen molar-refractivity contribution in [1.82, 2.24) is 10.3 Å². The van der Waals surface area contributed by atoms with Gasteiger partial charge in [0, 0.05) is 12.6 Å². The molecule has 0 unspecified atom stereocenters. The van der Waals surface area contributed by atoms with E-state index < -0.39 is 5.91 Å². The summed E-state index contributed by atoms with van der Waals surface area (Å²) in [5.41, 5.74) is 0.725. The molecule has 0 atom stereocenters. The zero-order valence-electron chi connectivity index (χ0n) is 7.51. The minimum atomic E-state index is -1.92. The third kappa shape index (κ3) is 3.50. The number of hydrogen-bond acceptors (Lipinski definition) is 3. The second kappa shape index (κ2) is 4.32.